The van der Waals surface area contributed by atoms with Crippen molar-refractivity contribution >= 4 is 75.4 Å². The zero-order valence-electron chi connectivity index (χ0n) is 15.7. The first-order valence-electron chi connectivity index (χ1n) is 10.1. The van der Waals surface area contributed by atoms with Gasteiger partial charge < -0.3 is 0 Å². The van der Waals surface area contributed by atoms with Crippen LogP contribution in [0.15, 0.2) is 82.4 Å². The highest BCUT2D eigenvalue weighted by Gasteiger charge is 2.24. The minimum Gasteiger partial charge on any atom is -0.289 e. The van der Waals surface area contributed by atoms with Gasteiger partial charge in [-0.1, -0.05) is 72.8 Å². The van der Waals surface area contributed by atoms with Crippen LogP contribution in [0.2, 0.25) is 0 Å². The summed E-state index contributed by atoms with van der Waals surface area (Å²) in [4.78, 5) is 27.5. The van der Waals surface area contributed by atoms with Crippen LogP contribution in [0, 0.1) is 0 Å². The molecule has 8 rings (SSSR count). The molecule has 8 aromatic carbocycles. The Kier molecular flexibility index (Phi) is 2.27. The van der Waals surface area contributed by atoms with Gasteiger partial charge in [-0.25, -0.2) is 0 Å². The maximum Gasteiger partial charge on any atom is 0.194 e. The van der Waals surface area contributed by atoms with Crippen LogP contribution >= 0.6 is 0 Å². The largest absolute Gasteiger partial charge is 0.289 e. The van der Waals surface area contributed by atoms with Gasteiger partial charge in [0.1, 0.15) is 0 Å². The van der Waals surface area contributed by atoms with Crippen molar-refractivity contribution in [1.82, 2.24) is 0 Å². The van der Waals surface area contributed by atoms with Gasteiger partial charge in [0.2, 0.25) is 0 Å². The van der Waals surface area contributed by atoms with Crippen molar-refractivity contribution in [2.24, 2.45) is 0 Å². The van der Waals surface area contributed by atoms with Crippen LogP contribution in [0.4, 0.5) is 0 Å². The Labute approximate surface area is 168 Å². The fourth-order valence-electron chi connectivity index (χ4n) is 5.98. The van der Waals surface area contributed by atoms with Gasteiger partial charge in [0.05, 0.1) is 0 Å². The third kappa shape index (κ3) is 1.37. The third-order valence-electron chi connectivity index (χ3n) is 7.07. The lowest BCUT2D eigenvalue weighted by Gasteiger charge is -1.97. The minimum absolute atomic E-state index is 0.0619. The summed E-state index contributed by atoms with van der Waals surface area (Å²) in [6.45, 7) is 0. The predicted octanol–water partition coefficient (Wildman–Crippen LogP) is 6.23. The normalized spacial score (nSPS) is 12.9. The molecule has 0 saturated carbocycles. The second kappa shape index (κ2) is 4.58. The van der Waals surface area contributed by atoms with E-state index in [1.165, 1.54) is 0 Å². The number of fused-ring (bicyclic) bond motifs is 2. The molecule has 0 unspecified atom stereocenters. The Bertz CT molecular complexity index is 1790. The first kappa shape index (κ1) is 14.9. The van der Waals surface area contributed by atoms with E-state index in [1.807, 2.05) is 48.5 Å². The van der Waals surface area contributed by atoms with E-state index in [0.29, 0.717) is 0 Å². The Balaban J connectivity index is 2.06. The zero-order chi connectivity index (χ0) is 19.7. The summed E-state index contributed by atoms with van der Waals surface area (Å²) in [5.41, 5.74) is 0.124. The van der Waals surface area contributed by atoms with Crippen LogP contribution in [0.3, 0.4) is 0 Å². The Morgan fingerprint density at radius 1 is 0.300 bits per heavy atom. The zero-order valence-corrected chi connectivity index (χ0v) is 15.7. The maximum absolute atomic E-state index is 13.8. The Morgan fingerprint density at radius 3 is 0.800 bits per heavy atom. The van der Waals surface area contributed by atoms with Crippen LogP contribution in [0.1, 0.15) is 0 Å². The van der Waals surface area contributed by atoms with Gasteiger partial charge in [0.25, 0.3) is 0 Å². The summed E-state index contributed by atoms with van der Waals surface area (Å²) in [7, 11) is 0. The van der Waals surface area contributed by atoms with Crippen LogP contribution in [-0.4, -0.2) is 0 Å². The van der Waals surface area contributed by atoms with E-state index in [0.717, 1.165) is 75.4 Å². The SMILES string of the molecule is O=c1c2cccc3c4cccc5c(=O)c6cccc7c8cccc1c8c(c67)c(c23)c54. The van der Waals surface area contributed by atoms with Gasteiger partial charge in [-0.15, -0.1) is 0 Å². The Morgan fingerprint density at radius 2 is 0.533 bits per heavy atom. The van der Waals surface area contributed by atoms with Gasteiger partial charge in [0, 0.05) is 53.9 Å². The highest BCUT2D eigenvalue weighted by atomic mass is 16.1. The molecule has 0 spiro atoms. The number of rotatable bonds is 0. The molecule has 2 heteroatoms. The molecule has 0 aliphatic rings. The van der Waals surface area contributed by atoms with E-state index in [4.69, 9.17) is 0 Å². The average molecular weight is 380 g/mol. The first-order chi connectivity index (χ1) is 14.8. The standard InChI is InChI=1S/C28H12O2/c29-27-17-9-1-5-13-14-6-2-11-19-22(14)25(21(13)17)26-23-15(7-3-10-18(23)27)16-8-4-12-20(24(16)26)28(19)30/h1-12H. The summed E-state index contributed by atoms with van der Waals surface area (Å²) in [5, 5.41) is 13.2. The van der Waals surface area contributed by atoms with Crippen molar-refractivity contribution < 1.29 is 0 Å². The monoisotopic (exact) mass is 380 g/mol. The molecule has 2 nitrogen and oxygen atoms in total. The molecule has 8 aromatic rings. The van der Waals surface area contributed by atoms with Crippen molar-refractivity contribution in [1.29, 1.82) is 0 Å². The molecule has 0 atom stereocenters. The molecule has 0 radical (unpaired) electrons. The topological polar surface area (TPSA) is 34.1 Å². The van der Waals surface area contributed by atoms with Crippen molar-refractivity contribution in [2.45, 2.75) is 0 Å². The smallest absolute Gasteiger partial charge is 0.194 e. The minimum atomic E-state index is 0.0619. The number of hydrogen-bond donors (Lipinski definition) is 0. The molecule has 0 fully saturated rings. The summed E-state index contributed by atoms with van der Waals surface area (Å²) >= 11 is 0. The molecular weight excluding hydrogens is 368 g/mol. The maximum atomic E-state index is 13.8. The molecule has 0 N–H and O–H groups in total. The fourth-order valence-corrected chi connectivity index (χ4v) is 5.98. The summed E-state index contributed by atoms with van der Waals surface area (Å²) in [6.07, 6.45) is 0. The van der Waals surface area contributed by atoms with E-state index in [2.05, 4.69) is 24.3 Å². The molecule has 0 aromatic heterocycles. The molecule has 0 bridgehead atoms. The lowest BCUT2D eigenvalue weighted by Crippen LogP contribution is -1.98. The molecule has 0 heterocycles. The third-order valence-corrected chi connectivity index (χ3v) is 7.07. The summed E-state index contributed by atoms with van der Waals surface area (Å²) < 4.78 is 0. The molecule has 0 amide bonds. The molecule has 0 aliphatic carbocycles. The van der Waals surface area contributed by atoms with Gasteiger partial charge in [-0.3, -0.25) is 9.59 Å². The van der Waals surface area contributed by atoms with Crippen LogP contribution < -0.4 is 10.9 Å². The number of benzene rings is 4. The summed E-state index contributed by atoms with van der Waals surface area (Å²) in [6, 6.07) is 23.9. The average Bonchev–Trinajstić information content (AvgIpc) is 3.23. The number of hydrogen-bond acceptors (Lipinski definition) is 2. The first-order valence-corrected chi connectivity index (χ1v) is 10.1. The van der Waals surface area contributed by atoms with Crippen molar-refractivity contribution in [3.8, 4) is 0 Å². The van der Waals surface area contributed by atoms with Crippen LogP contribution in [-0.2, 0) is 0 Å². The van der Waals surface area contributed by atoms with Gasteiger partial charge >= 0.3 is 0 Å². The van der Waals surface area contributed by atoms with Crippen molar-refractivity contribution in [2.75, 3.05) is 0 Å². The van der Waals surface area contributed by atoms with Crippen LogP contribution in [0.25, 0.3) is 75.4 Å². The quantitative estimate of drug-likeness (QED) is 0.312. The highest BCUT2D eigenvalue weighted by Crippen LogP contribution is 2.48. The Hall–Kier alpha value is -4.04. The van der Waals surface area contributed by atoms with Crippen molar-refractivity contribution in [3.63, 3.8) is 0 Å². The molecule has 0 aliphatic heterocycles. The molecule has 30 heavy (non-hydrogen) atoms. The fraction of sp³-hybridized carbons (Fsp3) is 0. The van der Waals surface area contributed by atoms with Crippen LogP contribution in [0.5, 0.6) is 0 Å². The molecule has 136 valence electrons. The van der Waals surface area contributed by atoms with Crippen molar-refractivity contribution in [3.05, 3.63) is 93.2 Å². The second-order valence-electron chi connectivity index (χ2n) is 8.32. The van der Waals surface area contributed by atoms with Gasteiger partial charge in [0.15, 0.2) is 10.9 Å². The second-order valence-corrected chi connectivity index (χ2v) is 8.32. The predicted molar refractivity (Wildman–Crippen MR) is 126 cm³/mol. The van der Waals surface area contributed by atoms with Gasteiger partial charge in [-0.05, 0) is 21.5 Å². The lowest BCUT2D eigenvalue weighted by molar-refractivity contribution is 1.77. The molecular formula is C28H12O2. The van der Waals surface area contributed by atoms with Gasteiger partial charge in [-0.2, -0.15) is 0 Å². The van der Waals surface area contributed by atoms with E-state index < -0.39 is 0 Å². The lowest BCUT2D eigenvalue weighted by atomic mass is 10.0. The van der Waals surface area contributed by atoms with E-state index in [1.54, 1.807) is 0 Å². The molecule has 0 saturated heterocycles. The summed E-state index contributed by atoms with van der Waals surface area (Å²) in [5.74, 6) is 0. The van der Waals surface area contributed by atoms with E-state index in [9.17, 15) is 9.59 Å². The van der Waals surface area contributed by atoms with E-state index >= 15 is 0 Å². The highest BCUT2D eigenvalue weighted by molar-refractivity contribution is 6.48. The van der Waals surface area contributed by atoms with E-state index in [-0.39, 0.29) is 10.9 Å².